The van der Waals surface area contributed by atoms with Gasteiger partial charge in [0.1, 0.15) is 5.94 Å². The number of aromatic amines is 1. The number of H-pyrrole nitrogens is 1. The van der Waals surface area contributed by atoms with E-state index in [2.05, 4.69) is 28.5 Å². The highest BCUT2D eigenvalue weighted by atomic mass is 32.2. The normalized spacial score (nSPS) is 24.6. The first-order chi connectivity index (χ1) is 11.3. The molecule has 0 unspecified atom stereocenters. The van der Waals surface area contributed by atoms with Gasteiger partial charge in [0.2, 0.25) is 0 Å². The number of carbonyl (C=O) groups is 1. The zero-order chi connectivity index (χ0) is 15.8. The summed E-state index contributed by atoms with van der Waals surface area (Å²) in [6.07, 6.45) is 0.534. The number of hydroxylamine groups is 2. The number of benzene rings is 1. The van der Waals surface area contributed by atoms with Crippen LogP contribution < -0.4 is 5.32 Å². The fourth-order valence-electron chi connectivity index (χ4n) is 3.50. The molecule has 2 aliphatic rings. The molecule has 0 aliphatic carbocycles. The summed E-state index contributed by atoms with van der Waals surface area (Å²) in [5.74, 6) is 1.39. The summed E-state index contributed by atoms with van der Waals surface area (Å²) in [4.78, 5) is 21.2. The number of thioether (sulfide) groups is 1. The van der Waals surface area contributed by atoms with Crippen molar-refractivity contribution in [3.63, 3.8) is 0 Å². The highest BCUT2D eigenvalue weighted by Gasteiger charge is 2.39. The van der Waals surface area contributed by atoms with E-state index in [0.29, 0.717) is 5.94 Å². The molecule has 1 fully saturated rings. The Hall–Kier alpha value is -1.70. The molecule has 2 N–H and O–H groups in total. The first kappa shape index (κ1) is 14.9. The van der Waals surface area contributed by atoms with E-state index in [4.69, 9.17) is 9.57 Å². The molecule has 2 aromatic rings. The van der Waals surface area contributed by atoms with Crippen molar-refractivity contribution in [3.05, 3.63) is 35.5 Å². The van der Waals surface area contributed by atoms with Gasteiger partial charge in [-0.05, 0) is 18.1 Å². The maximum Gasteiger partial charge on any atom is 0.407 e. The summed E-state index contributed by atoms with van der Waals surface area (Å²) in [6.45, 7) is 0.819. The zero-order valence-electron chi connectivity index (χ0n) is 12.9. The number of fused-ring (bicyclic) bond motifs is 5. The smallest absolute Gasteiger partial charge is 0.407 e. The van der Waals surface area contributed by atoms with E-state index >= 15 is 0 Å². The average molecular weight is 333 g/mol. The largest absolute Gasteiger partial charge is 0.453 e. The Morgan fingerprint density at radius 3 is 3.22 bits per heavy atom. The second-order valence-electron chi connectivity index (χ2n) is 5.76. The molecular formula is C16H19N3O3S. The van der Waals surface area contributed by atoms with Crippen LogP contribution in [0.25, 0.3) is 10.9 Å². The topological polar surface area (TPSA) is 66.6 Å². The van der Waals surface area contributed by atoms with Gasteiger partial charge < -0.3 is 15.0 Å². The van der Waals surface area contributed by atoms with Gasteiger partial charge in [0.05, 0.1) is 19.2 Å². The van der Waals surface area contributed by atoms with E-state index < -0.39 is 6.09 Å². The summed E-state index contributed by atoms with van der Waals surface area (Å²) in [5.41, 5.74) is 3.60. The Morgan fingerprint density at radius 1 is 1.48 bits per heavy atom. The molecule has 1 aromatic carbocycles. The molecule has 1 aromatic heterocycles. The van der Waals surface area contributed by atoms with Crippen molar-refractivity contribution in [1.82, 2.24) is 15.4 Å². The Morgan fingerprint density at radius 2 is 2.35 bits per heavy atom. The van der Waals surface area contributed by atoms with E-state index in [1.54, 1.807) is 11.8 Å². The predicted octanol–water partition coefficient (Wildman–Crippen LogP) is 2.43. The van der Waals surface area contributed by atoms with Crippen molar-refractivity contribution >= 4 is 28.8 Å². The Balaban J connectivity index is 1.77. The van der Waals surface area contributed by atoms with Crippen molar-refractivity contribution in [2.75, 3.05) is 25.3 Å². The molecule has 1 saturated heterocycles. The standard InChI is InChI=1S/C16H19N3O3S/c1-21-16(20)18-13-8-23-9-22-19-7-6-11-10-4-2-3-5-12(10)17-14(11)15(13)19/h2-5,13,15,17H,6-9H2,1H3,(H,18,20)/t13-,15+/m0/s1. The predicted molar refractivity (Wildman–Crippen MR) is 89.2 cm³/mol. The molecule has 2 atom stereocenters. The molecule has 122 valence electrons. The minimum Gasteiger partial charge on any atom is -0.453 e. The second-order valence-corrected chi connectivity index (χ2v) is 6.74. The first-order valence-electron chi connectivity index (χ1n) is 7.69. The molecule has 2 aliphatic heterocycles. The maximum atomic E-state index is 11.7. The van der Waals surface area contributed by atoms with Gasteiger partial charge in [0.15, 0.2) is 0 Å². The van der Waals surface area contributed by atoms with Crippen LogP contribution in [-0.4, -0.2) is 47.5 Å². The number of nitrogens with zero attached hydrogens (tertiary/aromatic N) is 1. The van der Waals surface area contributed by atoms with Crippen LogP contribution >= 0.6 is 11.8 Å². The number of methoxy groups -OCH3 is 1. The Labute approximate surface area is 138 Å². The molecule has 0 bridgehead atoms. The van der Waals surface area contributed by atoms with Crippen LogP contribution in [0.1, 0.15) is 17.3 Å². The lowest BCUT2D eigenvalue weighted by Gasteiger charge is -2.36. The van der Waals surface area contributed by atoms with Gasteiger partial charge in [-0.15, -0.1) is 11.8 Å². The monoisotopic (exact) mass is 333 g/mol. The highest BCUT2D eigenvalue weighted by molar-refractivity contribution is 7.99. The van der Waals surface area contributed by atoms with Gasteiger partial charge in [0, 0.05) is 28.9 Å². The molecule has 23 heavy (non-hydrogen) atoms. The molecule has 6 nitrogen and oxygen atoms in total. The maximum absolute atomic E-state index is 11.7. The second kappa shape index (κ2) is 6.07. The number of hydrogen-bond donors (Lipinski definition) is 2. The van der Waals surface area contributed by atoms with Gasteiger partial charge in [-0.2, -0.15) is 5.06 Å². The summed E-state index contributed by atoms with van der Waals surface area (Å²) >= 11 is 1.68. The summed E-state index contributed by atoms with van der Waals surface area (Å²) in [6, 6.07) is 8.24. The lowest BCUT2D eigenvalue weighted by molar-refractivity contribution is -0.177. The van der Waals surface area contributed by atoms with Crippen LogP contribution in [0.5, 0.6) is 0 Å². The quantitative estimate of drug-likeness (QED) is 0.839. The number of amides is 1. The zero-order valence-corrected chi connectivity index (χ0v) is 13.7. The number of carbonyl (C=O) groups excluding carboxylic acids is 1. The van der Waals surface area contributed by atoms with Crippen LogP contribution in [0.2, 0.25) is 0 Å². The van der Waals surface area contributed by atoms with Crippen molar-refractivity contribution in [3.8, 4) is 0 Å². The molecular weight excluding hydrogens is 314 g/mol. The molecule has 7 heteroatoms. The van der Waals surface area contributed by atoms with E-state index in [0.717, 1.165) is 29.9 Å². The lowest BCUT2D eigenvalue weighted by Crippen LogP contribution is -2.48. The van der Waals surface area contributed by atoms with Gasteiger partial charge in [-0.1, -0.05) is 18.2 Å². The summed E-state index contributed by atoms with van der Waals surface area (Å²) in [5, 5.41) is 6.23. The summed E-state index contributed by atoms with van der Waals surface area (Å²) in [7, 11) is 1.39. The minimum absolute atomic E-state index is 0.0275. The van der Waals surface area contributed by atoms with Crippen LogP contribution in [0.3, 0.4) is 0 Å². The number of ether oxygens (including phenoxy) is 1. The van der Waals surface area contributed by atoms with Crippen molar-refractivity contribution in [2.24, 2.45) is 0 Å². The molecule has 1 amide bonds. The molecule has 0 radical (unpaired) electrons. The number of aromatic nitrogens is 1. The van der Waals surface area contributed by atoms with Gasteiger partial charge in [-0.3, -0.25) is 4.84 Å². The van der Waals surface area contributed by atoms with E-state index in [1.165, 1.54) is 18.1 Å². The van der Waals surface area contributed by atoms with Gasteiger partial charge in [-0.25, -0.2) is 4.79 Å². The number of rotatable bonds is 1. The molecule has 3 heterocycles. The summed E-state index contributed by atoms with van der Waals surface area (Å²) < 4.78 is 4.79. The van der Waals surface area contributed by atoms with E-state index in [9.17, 15) is 4.79 Å². The molecule has 0 spiro atoms. The number of alkyl carbamates (subject to hydrolysis) is 1. The van der Waals surface area contributed by atoms with Crippen LogP contribution in [0.4, 0.5) is 4.79 Å². The highest BCUT2D eigenvalue weighted by Crippen LogP contribution is 2.38. The number of hydrogen-bond acceptors (Lipinski definition) is 5. The van der Waals surface area contributed by atoms with Gasteiger partial charge >= 0.3 is 6.09 Å². The number of para-hydroxylation sites is 1. The molecule has 0 saturated carbocycles. The van der Waals surface area contributed by atoms with Crippen molar-refractivity contribution in [1.29, 1.82) is 0 Å². The van der Waals surface area contributed by atoms with Crippen LogP contribution in [-0.2, 0) is 16.0 Å². The Kier molecular flexibility index (Phi) is 3.92. The fraction of sp³-hybridized carbons (Fsp3) is 0.438. The van der Waals surface area contributed by atoms with Crippen LogP contribution in [0, 0.1) is 0 Å². The lowest BCUT2D eigenvalue weighted by atomic mass is 9.95. The molecule has 4 rings (SSSR count). The van der Waals surface area contributed by atoms with Crippen molar-refractivity contribution < 1.29 is 14.4 Å². The average Bonchev–Trinajstić information content (AvgIpc) is 2.83. The third kappa shape index (κ3) is 2.58. The third-order valence-electron chi connectivity index (χ3n) is 4.50. The van der Waals surface area contributed by atoms with Crippen LogP contribution in [0.15, 0.2) is 24.3 Å². The van der Waals surface area contributed by atoms with Gasteiger partial charge in [0.25, 0.3) is 0 Å². The minimum atomic E-state index is -0.402. The van der Waals surface area contributed by atoms with Crippen molar-refractivity contribution in [2.45, 2.75) is 18.5 Å². The Bertz CT molecular complexity index is 732. The first-order valence-corrected chi connectivity index (χ1v) is 8.84. The van der Waals surface area contributed by atoms with E-state index in [1.807, 2.05) is 11.1 Å². The SMILES string of the molecule is COC(=O)N[C@H]1CSCON2CCc3c([nH]c4ccccc34)[C@@H]12. The van der Waals surface area contributed by atoms with E-state index in [-0.39, 0.29) is 12.1 Å². The number of nitrogens with one attached hydrogen (secondary N) is 2. The third-order valence-corrected chi connectivity index (χ3v) is 5.37. The fourth-order valence-corrected chi connectivity index (χ4v) is 4.32.